The van der Waals surface area contributed by atoms with E-state index < -0.39 is 5.82 Å². The molecular formula is C16H10F2O2. The number of rotatable bonds is 2. The van der Waals surface area contributed by atoms with E-state index in [1.165, 1.54) is 43.3 Å². The van der Waals surface area contributed by atoms with Crippen LogP contribution in [0.2, 0.25) is 0 Å². The van der Waals surface area contributed by atoms with Crippen molar-refractivity contribution in [3.05, 3.63) is 59.7 Å². The van der Waals surface area contributed by atoms with Crippen molar-refractivity contribution < 1.29 is 18.0 Å². The molecule has 1 aromatic heterocycles. The Morgan fingerprint density at radius 2 is 1.85 bits per heavy atom. The van der Waals surface area contributed by atoms with Crippen LogP contribution in [0.4, 0.5) is 8.78 Å². The third-order valence-electron chi connectivity index (χ3n) is 3.12. The molecule has 1 heterocycles. The Balaban J connectivity index is 2.19. The normalized spacial score (nSPS) is 10.9. The third kappa shape index (κ3) is 2.09. The Morgan fingerprint density at radius 1 is 1.05 bits per heavy atom. The summed E-state index contributed by atoms with van der Waals surface area (Å²) in [7, 11) is 0. The van der Waals surface area contributed by atoms with Gasteiger partial charge in [-0.05, 0) is 49.4 Å². The first-order chi connectivity index (χ1) is 9.54. The molecule has 3 rings (SSSR count). The summed E-state index contributed by atoms with van der Waals surface area (Å²) in [6.45, 7) is 1.41. The van der Waals surface area contributed by atoms with Crippen LogP contribution in [0.25, 0.3) is 22.3 Å². The predicted molar refractivity (Wildman–Crippen MR) is 71.6 cm³/mol. The number of halogens is 2. The minimum atomic E-state index is -0.491. The first kappa shape index (κ1) is 12.5. The summed E-state index contributed by atoms with van der Waals surface area (Å²) in [5.74, 6) is -0.767. The van der Waals surface area contributed by atoms with Gasteiger partial charge in [0, 0.05) is 10.9 Å². The van der Waals surface area contributed by atoms with E-state index in [-0.39, 0.29) is 22.9 Å². The second-order valence-corrected chi connectivity index (χ2v) is 4.54. The zero-order valence-corrected chi connectivity index (χ0v) is 10.6. The van der Waals surface area contributed by atoms with E-state index in [1.54, 1.807) is 6.07 Å². The molecule has 0 aliphatic heterocycles. The van der Waals surface area contributed by atoms with Crippen LogP contribution in [0, 0.1) is 11.6 Å². The van der Waals surface area contributed by atoms with Crippen LogP contribution in [0.5, 0.6) is 0 Å². The fourth-order valence-electron chi connectivity index (χ4n) is 2.08. The van der Waals surface area contributed by atoms with Gasteiger partial charge in [-0.1, -0.05) is 0 Å². The van der Waals surface area contributed by atoms with Gasteiger partial charge >= 0.3 is 0 Å². The summed E-state index contributed by atoms with van der Waals surface area (Å²) in [4.78, 5) is 11.4. The number of ketones is 1. The zero-order chi connectivity index (χ0) is 14.3. The largest absolute Gasteiger partial charge is 0.456 e. The van der Waals surface area contributed by atoms with Gasteiger partial charge in [0.15, 0.2) is 5.78 Å². The molecule has 0 N–H and O–H groups in total. The van der Waals surface area contributed by atoms with Crippen molar-refractivity contribution in [2.75, 3.05) is 0 Å². The van der Waals surface area contributed by atoms with Crippen molar-refractivity contribution in [1.82, 2.24) is 0 Å². The lowest BCUT2D eigenvalue weighted by molar-refractivity contribution is 0.101. The van der Waals surface area contributed by atoms with Crippen LogP contribution in [0.1, 0.15) is 17.3 Å². The Morgan fingerprint density at radius 3 is 2.60 bits per heavy atom. The van der Waals surface area contributed by atoms with E-state index >= 15 is 0 Å². The van der Waals surface area contributed by atoms with E-state index in [1.807, 2.05) is 0 Å². The van der Waals surface area contributed by atoms with Crippen LogP contribution in [-0.2, 0) is 0 Å². The van der Waals surface area contributed by atoms with Crippen LogP contribution in [0.3, 0.4) is 0 Å². The quantitative estimate of drug-likeness (QED) is 0.639. The fraction of sp³-hybridized carbons (Fsp3) is 0.0625. The Bertz CT molecular complexity index is 818. The molecule has 0 fully saturated rings. The number of fused-ring (bicyclic) bond motifs is 1. The van der Waals surface area contributed by atoms with Crippen LogP contribution < -0.4 is 0 Å². The van der Waals surface area contributed by atoms with Crippen molar-refractivity contribution in [3.8, 4) is 11.3 Å². The lowest BCUT2D eigenvalue weighted by Crippen LogP contribution is -1.93. The SMILES string of the molecule is CC(=O)c1ccc(F)c(-c2cc3cc(F)ccc3o2)c1. The van der Waals surface area contributed by atoms with Gasteiger partial charge in [0.2, 0.25) is 0 Å². The Labute approximate surface area is 113 Å². The van der Waals surface area contributed by atoms with Crippen molar-refractivity contribution in [2.45, 2.75) is 6.92 Å². The summed E-state index contributed by atoms with van der Waals surface area (Å²) in [6, 6.07) is 9.71. The monoisotopic (exact) mass is 272 g/mol. The molecule has 0 radical (unpaired) electrons. The molecule has 4 heteroatoms. The summed E-state index contributed by atoms with van der Waals surface area (Å²) >= 11 is 0. The van der Waals surface area contributed by atoms with Crippen LogP contribution >= 0.6 is 0 Å². The molecule has 0 aliphatic rings. The standard InChI is InChI=1S/C16H10F2O2/c1-9(19)10-2-4-14(18)13(7-10)16-8-11-6-12(17)3-5-15(11)20-16/h2-8H,1H3. The van der Waals surface area contributed by atoms with Gasteiger partial charge in [-0.2, -0.15) is 0 Å². The molecule has 0 atom stereocenters. The summed E-state index contributed by atoms with van der Waals surface area (Å²) < 4.78 is 32.5. The molecule has 2 nitrogen and oxygen atoms in total. The van der Waals surface area contributed by atoms with E-state index in [0.29, 0.717) is 16.5 Å². The van der Waals surface area contributed by atoms with E-state index in [9.17, 15) is 13.6 Å². The van der Waals surface area contributed by atoms with Gasteiger partial charge in [-0.25, -0.2) is 8.78 Å². The summed E-state index contributed by atoms with van der Waals surface area (Å²) in [5, 5.41) is 0.549. The van der Waals surface area contributed by atoms with E-state index in [2.05, 4.69) is 0 Å². The highest BCUT2D eigenvalue weighted by molar-refractivity contribution is 5.95. The summed E-state index contributed by atoms with van der Waals surface area (Å²) in [5.41, 5.74) is 1.05. The molecule has 0 amide bonds. The molecule has 100 valence electrons. The molecule has 2 aromatic carbocycles. The second-order valence-electron chi connectivity index (χ2n) is 4.54. The average molecular weight is 272 g/mol. The van der Waals surface area contributed by atoms with Crippen molar-refractivity contribution in [3.63, 3.8) is 0 Å². The van der Waals surface area contributed by atoms with Gasteiger partial charge in [0.05, 0.1) is 5.56 Å². The molecule has 0 aliphatic carbocycles. The molecule has 0 unspecified atom stereocenters. The first-order valence-electron chi connectivity index (χ1n) is 6.04. The van der Waals surface area contributed by atoms with Gasteiger partial charge in [0.1, 0.15) is 23.0 Å². The molecule has 0 bridgehead atoms. The molecule has 20 heavy (non-hydrogen) atoms. The number of hydrogen-bond acceptors (Lipinski definition) is 2. The number of carbonyl (C=O) groups excluding carboxylic acids is 1. The minimum absolute atomic E-state index is 0.159. The molecule has 0 saturated carbocycles. The first-order valence-corrected chi connectivity index (χ1v) is 6.04. The van der Waals surface area contributed by atoms with Crippen LogP contribution in [0.15, 0.2) is 46.9 Å². The lowest BCUT2D eigenvalue weighted by atomic mass is 10.1. The van der Waals surface area contributed by atoms with Gasteiger partial charge < -0.3 is 4.42 Å². The van der Waals surface area contributed by atoms with Gasteiger partial charge in [-0.15, -0.1) is 0 Å². The predicted octanol–water partition coefficient (Wildman–Crippen LogP) is 4.58. The number of furan rings is 1. The number of carbonyl (C=O) groups is 1. The van der Waals surface area contributed by atoms with Crippen LogP contribution in [-0.4, -0.2) is 5.78 Å². The highest BCUT2D eigenvalue weighted by atomic mass is 19.1. The molecular weight excluding hydrogens is 262 g/mol. The maximum atomic E-state index is 13.9. The average Bonchev–Trinajstić information content (AvgIpc) is 2.81. The fourth-order valence-corrected chi connectivity index (χ4v) is 2.08. The minimum Gasteiger partial charge on any atom is -0.456 e. The van der Waals surface area contributed by atoms with Crippen molar-refractivity contribution >= 4 is 16.8 Å². The maximum Gasteiger partial charge on any atom is 0.159 e. The van der Waals surface area contributed by atoms with E-state index in [4.69, 9.17) is 4.42 Å². The Hall–Kier alpha value is -2.49. The second kappa shape index (κ2) is 4.56. The smallest absolute Gasteiger partial charge is 0.159 e. The molecule has 0 saturated heterocycles. The molecule has 3 aromatic rings. The van der Waals surface area contributed by atoms with Gasteiger partial charge in [-0.3, -0.25) is 4.79 Å². The van der Waals surface area contributed by atoms with Crippen molar-refractivity contribution in [1.29, 1.82) is 0 Å². The number of Topliss-reactive ketones (excluding diaryl/α,β-unsaturated/α-hetero) is 1. The highest BCUT2D eigenvalue weighted by Gasteiger charge is 2.13. The maximum absolute atomic E-state index is 13.9. The topological polar surface area (TPSA) is 30.2 Å². The number of hydrogen-bond donors (Lipinski definition) is 0. The summed E-state index contributed by atoms with van der Waals surface area (Å²) in [6.07, 6.45) is 0. The van der Waals surface area contributed by atoms with Gasteiger partial charge in [0.25, 0.3) is 0 Å². The van der Waals surface area contributed by atoms with E-state index in [0.717, 1.165) is 0 Å². The van der Waals surface area contributed by atoms with Crippen molar-refractivity contribution in [2.24, 2.45) is 0 Å². The third-order valence-corrected chi connectivity index (χ3v) is 3.12. The Kier molecular flexibility index (Phi) is 2.86. The zero-order valence-electron chi connectivity index (χ0n) is 10.6. The number of benzene rings is 2. The lowest BCUT2D eigenvalue weighted by Gasteiger charge is -2.01. The molecule has 0 spiro atoms. The highest BCUT2D eigenvalue weighted by Crippen LogP contribution is 2.30.